The Morgan fingerprint density at radius 1 is 1.00 bits per heavy atom. The van der Waals surface area contributed by atoms with Gasteiger partial charge >= 0.3 is 6.18 Å². The molecule has 0 aromatic heterocycles. The summed E-state index contributed by atoms with van der Waals surface area (Å²) in [5.41, 5.74) is 0.826. The van der Waals surface area contributed by atoms with Gasteiger partial charge in [-0.15, -0.1) is 0 Å². The average Bonchev–Trinajstić information content (AvgIpc) is 2.66. The van der Waals surface area contributed by atoms with Crippen molar-refractivity contribution >= 4 is 20.8 Å². The number of rotatable bonds is 5. The number of fused-ring (bicyclic) bond motifs is 1. The Morgan fingerprint density at radius 2 is 1.67 bits per heavy atom. The molecule has 0 unspecified atom stereocenters. The monoisotopic (exact) mass is 435 g/mol. The molecule has 4 nitrogen and oxygen atoms in total. The van der Waals surface area contributed by atoms with Crippen molar-refractivity contribution in [2.45, 2.75) is 24.0 Å². The van der Waals surface area contributed by atoms with Crippen LogP contribution >= 0.6 is 0 Å². The summed E-state index contributed by atoms with van der Waals surface area (Å²) in [7, 11) is -4.24. The number of hydrogen-bond donors (Lipinski definition) is 0. The zero-order chi connectivity index (χ0) is 21.5. The second kappa shape index (κ2) is 7.59. The third-order valence-corrected chi connectivity index (χ3v) is 7.18. The van der Waals surface area contributed by atoms with E-state index >= 15 is 0 Å². The second-order valence-electron chi connectivity index (χ2n) is 7.45. The molecule has 1 fully saturated rings. The zero-order valence-electron chi connectivity index (χ0n) is 16.1. The highest BCUT2D eigenvalue weighted by Crippen LogP contribution is 2.41. The standard InChI is InChI=1S/C22H20F3NO3S/c1-15-6-10-20(11-7-15)30(27,28)26-13-18(21(26)22(23,24)25)14-29-19-9-8-16-4-2-3-5-17(16)12-19/h2-12,18,21H,13-14H2,1H3/t18-,21-/m0/s1. The van der Waals surface area contributed by atoms with Gasteiger partial charge in [0.2, 0.25) is 10.0 Å². The van der Waals surface area contributed by atoms with Crippen LogP contribution in [0.5, 0.6) is 5.75 Å². The van der Waals surface area contributed by atoms with E-state index in [2.05, 4.69) is 0 Å². The molecule has 0 spiro atoms. The number of hydrogen-bond acceptors (Lipinski definition) is 3. The summed E-state index contributed by atoms with van der Waals surface area (Å²) < 4.78 is 72.6. The van der Waals surface area contributed by atoms with Gasteiger partial charge in [0.15, 0.2) is 0 Å². The van der Waals surface area contributed by atoms with Gasteiger partial charge in [0.25, 0.3) is 0 Å². The van der Waals surface area contributed by atoms with E-state index < -0.39 is 28.2 Å². The first-order valence-corrected chi connectivity index (χ1v) is 10.9. The molecular formula is C22H20F3NO3S. The molecule has 0 radical (unpaired) electrons. The molecular weight excluding hydrogens is 415 g/mol. The third-order valence-electron chi connectivity index (χ3n) is 5.32. The van der Waals surface area contributed by atoms with E-state index in [0.29, 0.717) is 10.1 Å². The van der Waals surface area contributed by atoms with Gasteiger partial charge in [0.1, 0.15) is 11.8 Å². The van der Waals surface area contributed by atoms with Crippen molar-refractivity contribution in [3.8, 4) is 5.75 Å². The van der Waals surface area contributed by atoms with E-state index in [-0.39, 0.29) is 18.0 Å². The van der Waals surface area contributed by atoms with Crippen LogP contribution in [0.15, 0.2) is 71.6 Å². The number of halogens is 3. The lowest BCUT2D eigenvalue weighted by molar-refractivity contribution is -0.215. The Bertz CT molecular complexity index is 1160. The minimum atomic E-state index is -4.69. The Labute approximate surface area is 172 Å². The van der Waals surface area contributed by atoms with Crippen LogP contribution in [0.1, 0.15) is 5.56 Å². The average molecular weight is 435 g/mol. The molecule has 30 heavy (non-hydrogen) atoms. The molecule has 0 N–H and O–H groups in total. The Balaban J connectivity index is 1.51. The molecule has 0 saturated carbocycles. The van der Waals surface area contributed by atoms with Gasteiger partial charge in [-0.05, 0) is 42.0 Å². The molecule has 158 valence electrons. The molecule has 8 heteroatoms. The van der Waals surface area contributed by atoms with Crippen LogP contribution in [-0.2, 0) is 10.0 Å². The summed E-state index contributed by atoms with van der Waals surface area (Å²) in [6, 6.07) is 16.6. The van der Waals surface area contributed by atoms with Gasteiger partial charge in [-0.1, -0.05) is 48.0 Å². The van der Waals surface area contributed by atoms with E-state index in [1.54, 1.807) is 31.2 Å². The summed E-state index contributed by atoms with van der Waals surface area (Å²) in [6.45, 7) is 1.31. The van der Waals surface area contributed by atoms with E-state index in [1.807, 2.05) is 30.3 Å². The number of sulfonamides is 1. The molecule has 1 saturated heterocycles. The lowest BCUT2D eigenvalue weighted by atomic mass is 9.92. The lowest BCUT2D eigenvalue weighted by Crippen LogP contribution is -2.66. The van der Waals surface area contributed by atoms with Gasteiger partial charge in [0, 0.05) is 12.5 Å². The van der Waals surface area contributed by atoms with Crippen molar-refractivity contribution < 1.29 is 26.3 Å². The van der Waals surface area contributed by atoms with Crippen LogP contribution in [0.25, 0.3) is 10.8 Å². The summed E-state index contributed by atoms with van der Waals surface area (Å²) in [6.07, 6.45) is -4.69. The maximum Gasteiger partial charge on any atom is 0.405 e. The largest absolute Gasteiger partial charge is 0.493 e. The molecule has 2 atom stereocenters. The quantitative estimate of drug-likeness (QED) is 0.580. The Morgan fingerprint density at radius 3 is 2.33 bits per heavy atom. The normalized spacial score (nSPS) is 20.1. The van der Waals surface area contributed by atoms with Gasteiger partial charge in [-0.2, -0.15) is 17.5 Å². The van der Waals surface area contributed by atoms with Crippen LogP contribution in [0.3, 0.4) is 0 Å². The van der Waals surface area contributed by atoms with Crippen LogP contribution in [-0.4, -0.2) is 38.1 Å². The van der Waals surface area contributed by atoms with E-state index in [1.165, 1.54) is 12.1 Å². The van der Waals surface area contributed by atoms with Crippen LogP contribution in [0.4, 0.5) is 13.2 Å². The molecule has 3 aromatic rings. The highest BCUT2D eigenvalue weighted by atomic mass is 32.2. The minimum Gasteiger partial charge on any atom is -0.493 e. The fraction of sp³-hybridized carbons (Fsp3) is 0.273. The maximum atomic E-state index is 13.7. The van der Waals surface area contributed by atoms with Gasteiger partial charge in [-0.3, -0.25) is 0 Å². The van der Waals surface area contributed by atoms with Gasteiger partial charge < -0.3 is 4.74 Å². The van der Waals surface area contributed by atoms with E-state index in [9.17, 15) is 21.6 Å². The predicted molar refractivity (Wildman–Crippen MR) is 108 cm³/mol. The van der Waals surface area contributed by atoms with Crippen molar-refractivity contribution in [3.63, 3.8) is 0 Å². The van der Waals surface area contributed by atoms with Crippen LogP contribution in [0, 0.1) is 12.8 Å². The number of nitrogens with zero attached hydrogens (tertiary/aromatic N) is 1. The topological polar surface area (TPSA) is 46.6 Å². The number of alkyl halides is 3. The predicted octanol–water partition coefficient (Wildman–Crippen LogP) is 4.78. The van der Waals surface area contributed by atoms with Crippen molar-refractivity contribution in [1.29, 1.82) is 0 Å². The third kappa shape index (κ3) is 3.89. The summed E-state index contributed by atoms with van der Waals surface area (Å²) in [5.74, 6) is -0.522. The Kier molecular flexibility index (Phi) is 5.23. The number of ether oxygens (including phenoxy) is 1. The lowest BCUT2D eigenvalue weighted by Gasteiger charge is -2.46. The second-order valence-corrected chi connectivity index (χ2v) is 9.34. The van der Waals surface area contributed by atoms with E-state index in [0.717, 1.165) is 16.3 Å². The van der Waals surface area contributed by atoms with Crippen molar-refractivity contribution in [2.24, 2.45) is 5.92 Å². The molecule has 0 bridgehead atoms. The van der Waals surface area contributed by atoms with Gasteiger partial charge in [-0.25, -0.2) is 8.42 Å². The fourth-order valence-electron chi connectivity index (χ4n) is 3.67. The molecule has 0 amide bonds. The molecule has 1 heterocycles. The molecule has 0 aliphatic carbocycles. The first-order chi connectivity index (χ1) is 14.2. The highest BCUT2D eigenvalue weighted by Gasteiger charge is 2.59. The van der Waals surface area contributed by atoms with Crippen molar-refractivity contribution in [2.75, 3.05) is 13.2 Å². The summed E-state index contributed by atoms with van der Waals surface area (Å²) >= 11 is 0. The number of aryl methyl sites for hydroxylation is 1. The summed E-state index contributed by atoms with van der Waals surface area (Å²) in [5, 5.41) is 1.91. The Hall–Kier alpha value is -2.58. The molecule has 3 aromatic carbocycles. The highest BCUT2D eigenvalue weighted by molar-refractivity contribution is 7.89. The fourth-order valence-corrected chi connectivity index (χ4v) is 5.40. The molecule has 1 aliphatic rings. The molecule has 4 rings (SSSR count). The number of benzene rings is 3. The smallest absolute Gasteiger partial charge is 0.405 e. The van der Waals surface area contributed by atoms with Crippen LogP contribution in [0.2, 0.25) is 0 Å². The minimum absolute atomic E-state index is 0.142. The van der Waals surface area contributed by atoms with Gasteiger partial charge in [0.05, 0.1) is 11.5 Å². The van der Waals surface area contributed by atoms with Crippen molar-refractivity contribution in [1.82, 2.24) is 4.31 Å². The zero-order valence-corrected chi connectivity index (χ0v) is 17.0. The van der Waals surface area contributed by atoms with Crippen LogP contribution < -0.4 is 4.74 Å². The van der Waals surface area contributed by atoms with E-state index in [4.69, 9.17) is 4.74 Å². The first-order valence-electron chi connectivity index (χ1n) is 9.43. The summed E-state index contributed by atoms with van der Waals surface area (Å²) in [4.78, 5) is -0.142. The van der Waals surface area contributed by atoms with Crippen molar-refractivity contribution in [3.05, 3.63) is 72.3 Å². The molecule has 1 aliphatic heterocycles. The SMILES string of the molecule is Cc1ccc(S(=O)(=O)N2C[C@@H](COc3ccc4ccccc4c3)[C@H]2C(F)(F)F)cc1. The first kappa shape index (κ1) is 20.7. The maximum absolute atomic E-state index is 13.7.